The fourth-order valence-electron chi connectivity index (χ4n) is 1.82. The number of ether oxygens (including phenoxy) is 3. The predicted molar refractivity (Wildman–Crippen MR) is 72.1 cm³/mol. The number of hydrogen-bond acceptors (Lipinski definition) is 4. The van der Waals surface area contributed by atoms with Crippen molar-refractivity contribution < 1.29 is 14.2 Å². The first-order valence-corrected chi connectivity index (χ1v) is 6.08. The summed E-state index contributed by atoms with van der Waals surface area (Å²) in [7, 11) is 3.32. The zero-order valence-electron chi connectivity index (χ0n) is 11.7. The summed E-state index contributed by atoms with van der Waals surface area (Å²) in [6, 6.07) is 3.88. The second-order valence-electron chi connectivity index (χ2n) is 4.30. The Balaban J connectivity index is 2.73. The van der Waals surface area contributed by atoms with E-state index < -0.39 is 0 Å². The normalized spacial score (nSPS) is 12.5. The molecule has 0 heterocycles. The van der Waals surface area contributed by atoms with Gasteiger partial charge in [0.1, 0.15) is 5.75 Å². The van der Waals surface area contributed by atoms with Crippen LogP contribution in [0.5, 0.6) is 5.75 Å². The van der Waals surface area contributed by atoms with Crippen LogP contribution in [0.15, 0.2) is 12.1 Å². The molecule has 0 amide bonds. The molecule has 0 aliphatic heterocycles. The summed E-state index contributed by atoms with van der Waals surface area (Å²) in [5.41, 5.74) is 9.44. The third-order valence-corrected chi connectivity index (χ3v) is 3.04. The summed E-state index contributed by atoms with van der Waals surface area (Å²) in [6.45, 7) is 5.69. The molecule has 0 aromatic heterocycles. The quantitative estimate of drug-likeness (QED) is 0.755. The molecular weight excluding hydrogens is 230 g/mol. The molecule has 1 aromatic rings. The van der Waals surface area contributed by atoms with Crippen molar-refractivity contribution in [1.82, 2.24) is 0 Å². The van der Waals surface area contributed by atoms with Crippen LogP contribution in [0.3, 0.4) is 0 Å². The first-order chi connectivity index (χ1) is 8.61. The lowest BCUT2D eigenvalue weighted by atomic mass is 10.00. The molecule has 1 rings (SSSR count). The predicted octanol–water partition coefficient (Wildman–Crippen LogP) is 1.97. The van der Waals surface area contributed by atoms with Gasteiger partial charge >= 0.3 is 0 Å². The molecule has 0 radical (unpaired) electrons. The van der Waals surface area contributed by atoms with E-state index in [0.717, 1.165) is 16.9 Å². The van der Waals surface area contributed by atoms with Gasteiger partial charge in [-0.2, -0.15) is 0 Å². The van der Waals surface area contributed by atoms with Crippen LogP contribution in [0.1, 0.15) is 22.7 Å². The molecule has 4 nitrogen and oxygen atoms in total. The number of hydrogen-bond donors (Lipinski definition) is 1. The van der Waals surface area contributed by atoms with E-state index in [4.69, 9.17) is 19.9 Å². The average molecular weight is 253 g/mol. The molecule has 1 unspecified atom stereocenters. The Kier molecular flexibility index (Phi) is 6.12. The summed E-state index contributed by atoms with van der Waals surface area (Å²) in [5.74, 6) is 0.859. The van der Waals surface area contributed by atoms with E-state index in [1.54, 1.807) is 14.2 Å². The van der Waals surface area contributed by atoms with Crippen LogP contribution >= 0.6 is 0 Å². The van der Waals surface area contributed by atoms with Gasteiger partial charge in [-0.05, 0) is 25.0 Å². The van der Waals surface area contributed by atoms with E-state index in [0.29, 0.717) is 19.8 Å². The van der Waals surface area contributed by atoms with Crippen molar-refractivity contribution in [3.63, 3.8) is 0 Å². The molecule has 18 heavy (non-hydrogen) atoms. The molecule has 0 aliphatic rings. The van der Waals surface area contributed by atoms with E-state index in [2.05, 4.69) is 13.0 Å². The minimum atomic E-state index is -0.184. The fourth-order valence-corrected chi connectivity index (χ4v) is 1.82. The monoisotopic (exact) mass is 253 g/mol. The van der Waals surface area contributed by atoms with Crippen molar-refractivity contribution in [2.24, 2.45) is 5.73 Å². The van der Waals surface area contributed by atoms with Gasteiger partial charge in [0, 0.05) is 12.7 Å². The largest absolute Gasteiger partial charge is 0.496 e. The van der Waals surface area contributed by atoms with E-state index >= 15 is 0 Å². The number of methoxy groups -OCH3 is 2. The molecule has 0 saturated carbocycles. The van der Waals surface area contributed by atoms with Crippen LogP contribution < -0.4 is 10.5 Å². The maximum Gasteiger partial charge on any atom is 0.126 e. The van der Waals surface area contributed by atoms with Crippen molar-refractivity contribution in [1.29, 1.82) is 0 Å². The molecule has 1 aromatic carbocycles. The zero-order chi connectivity index (χ0) is 13.5. The SMILES string of the molecule is COCCOCC(N)c1ccc(C)c(C)c1OC. The Morgan fingerprint density at radius 2 is 1.89 bits per heavy atom. The molecule has 0 saturated heterocycles. The summed E-state index contributed by atoms with van der Waals surface area (Å²) >= 11 is 0. The van der Waals surface area contributed by atoms with Gasteiger partial charge < -0.3 is 19.9 Å². The molecule has 0 bridgehead atoms. The maximum absolute atomic E-state index is 6.13. The first kappa shape index (κ1) is 15.0. The zero-order valence-corrected chi connectivity index (χ0v) is 11.7. The lowest BCUT2D eigenvalue weighted by Gasteiger charge is -2.18. The molecule has 0 spiro atoms. The standard InChI is InChI=1S/C14H23NO3/c1-10-5-6-12(14(17-4)11(10)2)13(15)9-18-8-7-16-3/h5-6,13H,7-9,15H2,1-4H3. The topological polar surface area (TPSA) is 53.7 Å². The van der Waals surface area contributed by atoms with Gasteiger partial charge in [0.05, 0.1) is 33.0 Å². The van der Waals surface area contributed by atoms with Crippen LogP contribution in [0.25, 0.3) is 0 Å². The highest BCUT2D eigenvalue weighted by atomic mass is 16.5. The number of rotatable bonds is 7. The highest BCUT2D eigenvalue weighted by molar-refractivity contribution is 5.46. The molecule has 2 N–H and O–H groups in total. The molecule has 0 aliphatic carbocycles. The van der Waals surface area contributed by atoms with Gasteiger partial charge in [-0.15, -0.1) is 0 Å². The van der Waals surface area contributed by atoms with E-state index in [1.165, 1.54) is 5.56 Å². The highest BCUT2D eigenvalue weighted by Gasteiger charge is 2.15. The second kappa shape index (κ2) is 7.36. The van der Waals surface area contributed by atoms with Crippen molar-refractivity contribution in [3.05, 3.63) is 28.8 Å². The van der Waals surface area contributed by atoms with E-state index in [1.807, 2.05) is 13.0 Å². The lowest BCUT2D eigenvalue weighted by Crippen LogP contribution is -2.19. The average Bonchev–Trinajstić information content (AvgIpc) is 2.37. The molecule has 102 valence electrons. The first-order valence-electron chi connectivity index (χ1n) is 6.08. The van der Waals surface area contributed by atoms with Gasteiger partial charge in [0.25, 0.3) is 0 Å². The Hall–Kier alpha value is -1.10. The van der Waals surface area contributed by atoms with Gasteiger partial charge in [-0.25, -0.2) is 0 Å². The van der Waals surface area contributed by atoms with E-state index in [9.17, 15) is 0 Å². The van der Waals surface area contributed by atoms with Crippen LogP contribution in [-0.2, 0) is 9.47 Å². The highest BCUT2D eigenvalue weighted by Crippen LogP contribution is 2.29. The Labute approximate surface area is 109 Å². The Morgan fingerprint density at radius 3 is 2.50 bits per heavy atom. The number of benzene rings is 1. The third-order valence-electron chi connectivity index (χ3n) is 3.04. The van der Waals surface area contributed by atoms with Crippen molar-refractivity contribution in [2.75, 3.05) is 34.0 Å². The number of aryl methyl sites for hydroxylation is 1. The van der Waals surface area contributed by atoms with Crippen LogP contribution in [0, 0.1) is 13.8 Å². The summed E-state index contributed by atoms with van der Waals surface area (Å²) in [6.07, 6.45) is 0. The van der Waals surface area contributed by atoms with Crippen LogP contribution in [0.4, 0.5) is 0 Å². The summed E-state index contributed by atoms with van der Waals surface area (Å²) < 4.78 is 15.8. The van der Waals surface area contributed by atoms with Crippen molar-refractivity contribution >= 4 is 0 Å². The molecule has 1 atom stereocenters. The minimum absolute atomic E-state index is 0.184. The second-order valence-corrected chi connectivity index (χ2v) is 4.30. The van der Waals surface area contributed by atoms with E-state index in [-0.39, 0.29) is 6.04 Å². The molecule has 4 heteroatoms. The smallest absolute Gasteiger partial charge is 0.126 e. The summed E-state index contributed by atoms with van der Waals surface area (Å²) in [5, 5.41) is 0. The molecular formula is C14H23NO3. The van der Waals surface area contributed by atoms with Gasteiger partial charge in [0.2, 0.25) is 0 Å². The van der Waals surface area contributed by atoms with Gasteiger partial charge in [-0.1, -0.05) is 12.1 Å². The third kappa shape index (κ3) is 3.70. The maximum atomic E-state index is 6.13. The van der Waals surface area contributed by atoms with Crippen LogP contribution in [0.2, 0.25) is 0 Å². The number of nitrogens with two attached hydrogens (primary N) is 1. The fraction of sp³-hybridized carbons (Fsp3) is 0.571. The lowest BCUT2D eigenvalue weighted by molar-refractivity contribution is 0.0633. The van der Waals surface area contributed by atoms with Crippen molar-refractivity contribution in [3.8, 4) is 5.75 Å². The molecule has 0 fully saturated rings. The van der Waals surface area contributed by atoms with Gasteiger partial charge in [0.15, 0.2) is 0 Å². The summed E-state index contributed by atoms with van der Waals surface area (Å²) in [4.78, 5) is 0. The van der Waals surface area contributed by atoms with Crippen LogP contribution in [-0.4, -0.2) is 34.0 Å². The Bertz CT molecular complexity index is 380. The van der Waals surface area contributed by atoms with Gasteiger partial charge in [-0.3, -0.25) is 0 Å². The minimum Gasteiger partial charge on any atom is -0.496 e. The van der Waals surface area contributed by atoms with Crippen molar-refractivity contribution in [2.45, 2.75) is 19.9 Å². The Morgan fingerprint density at radius 1 is 1.17 bits per heavy atom.